The van der Waals surface area contributed by atoms with Gasteiger partial charge in [-0.05, 0) is 86.1 Å². The third-order valence-electron chi connectivity index (χ3n) is 8.51. The number of carbonyl (C=O) groups excluding carboxylic acids is 2. The third-order valence-corrected chi connectivity index (χ3v) is 8.51. The van der Waals surface area contributed by atoms with E-state index in [4.69, 9.17) is 19.3 Å². The Labute approximate surface area is 252 Å². The van der Waals surface area contributed by atoms with Gasteiger partial charge in [-0.15, -0.1) is 0 Å². The van der Waals surface area contributed by atoms with Gasteiger partial charge in [-0.2, -0.15) is 0 Å². The largest absolute Gasteiger partial charge is 0.493 e. The maximum Gasteiger partial charge on any atom is 0.311 e. The fourth-order valence-corrected chi connectivity index (χ4v) is 5.95. The number of hydrogen-bond acceptors (Lipinski definition) is 7. The highest BCUT2D eigenvalue weighted by Gasteiger charge is 2.39. The van der Waals surface area contributed by atoms with Crippen LogP contribution in [0.5, 0.6) is 23.0 Å². The fraction of sp³-hybridized carbons (Fsp3) is 0.382. The first kappa shape index (κ1) is 30.1. The van der Waals surface area contributed by atoms with Gasteiger partial charge in [0.1, 0.15) is 11.5 Å². The van der Waals surface area contributed by atoms with Crippen molar-refractivity contribution in [2.75, 3.05) is 33.3 Å². The minimum Gasteiger partial charge on any atom is -0.493 e. The van der Waals surface area contributed by atoms with Crippen LogP contribution in [-0.4, -0.2) is 66.0 Å². The van der Waals surface area contributed by atoms with Crippen LogP contribution in [0.25, 0.3) is 0 Å². The van der Waals surface area contributed by atoms with Crippen LogP contribution < -0.4 is 14.2 Å². The van der Waals surface area contributed by atoms with Crippen LogP contribution in [-0.2, 0) is 16.1 Å². The molecule has 1 N–H and O–H groups in total. The number of aliphatic carboxylic acids is 1. The summed E-state index contributed by atoms with van der Waals surface area (Å²) in [5.41, 5.74) is 1.75. The van der Waals surface area contributed by atoms with Crippen molar-refractivity contribution < 1.29 is 33.7 Å². The molecule has 1 amide bonds. The SMILES string of the molecule is COc1ccccc1Oc1cccc(CN2CCC3(CC2)CCN(C(=O)c2ccccc2OC(=O)CCC(=O)O)CC3)c1. The van der Waals surface area contributed by atoms with Gasteiger partial charge in [0.25, 0.3) is 5.91 Å². The maximum absolute atomic E-state index is 13.4. The van der Waals surface area contributed by atoms with Crippen molar-refractivity contribution in [2.24, 2.45) is 5.41 Å². The fourth-order valence-electron chi connectivity index (χ4n) is 5.95. The number of piperidine rings is 2. The summed E-state index contributed by atoms with van der Waals surface area (Å²) in [6.45, 7) is 4.16. The quantitative estimate of drug-likeness (QED) is 0.236. The van der Waals surface area contributed by atoms with Gasteiger partial charge >= 0.3 is 11.9 Å². The van der Waals surface area contributed by atoms with Crippen molar-refractivity contribution in [2.45, 2.75) is 45.1 Å². The van der Waals surface area contributed by atoms with Crippen LogP contribution in [0, 0.1) is 5.41 Å². The van der Waals surface area contributed by atoms with Crippen molar-refractivity contribution in [1.82, 2.24) is 9.80 Å². The van der Waals surface area contributed by atoms with Gasteiger partial charge in [0.05, 0.1) is 25.5 Å². The number of nitrogens with zero attached hydrogens (tertiary/aromatic N) is 2. The molecular weight excluding hydrogens is 548 g/mol. The second kappa shape index (κ2) is 13.7. The molecule has 0 atom stereocenters. The van der Waals surface area contributed by atoms with E-state index in [1.165, 1.54) is 5.56 Å². The minimum absolute atomic E-state index is 0.163. The average Bonchev–Trinajstić information content (AvgIpc) is 3.02. The summed E-state index contributed by atoms with van der Waals surface area (Å²) in [6, 6.07) is 22.5. The van der Waals surface area contributed by atoms with Crippen molar-refractivity contribution in [3.8, 4) is 23.0 Å². The van der Waals surface area contributed by atoms with E-state index in [-0.39, 0.29) is 29.9 Å². The number of methoxy groups -OCH3 is 1. The normalized spacial score (nSPS) is 16.4. The van der Waals surface area contributed by atoms with Gasteiger partial charge in [-0.3, -0.25) is 19.3 Å². The van der Waals surface area contributed by atoms with E-state index in [9.17, 15) is 14.4 Å². The van der Waals surface area contributed by atoms with Gasteiger partial charge in [0.15, 0.2) is 11.5 Å². The van der Waals surface area contributed by atoms with Crippen LogP contribution in [0.3, 0.4) is 0 Å². The average molecular weight is 587 g/mol. The molecule has 2 saturated heterocycles. The van der Waals surface area contributed by atoms with Gasteiger partial charge in [0, 0.05) is 19.6 Å². The first-order valence-electron chi connectivity index (χ1n) is 14.8. The van der Waals surface area contributed by atoms with Crippen molar-refractivity contribution in [3.63, 3.8) is 0 Å². The van der Waals surface area contributed by atoms with Crippen LogP contribution in [0.15, 0.2) is 72.8 Å². The van der Waals surface area contributed by atoms with Gasteiger partial charge < -0.3 is 24.2 Å². The Hall–Kier alpha value is -4.37. The number of ether oxygens (including phenoxy) is 3. The van der Waals surface area contributed by atoms with Crippen LogP contribution in [0.1, 0.15) is 54.4 Å². The molecule has 0 unspecified atom stereocenters. The second-order valence-electron chi connectivity index (χ2n) is 11.3. The Balaban J connectivity index is 1.12. The Morgan fingerprint density at radius 1 is 0.791 bits per heavy atom. The maximum atomic E-state index is 13.4. The van der Waals surface area contributed by atoms with Crippen LogP contribution in [0.4, 0.5) is 0 Å². The molecule has 226 valence electrons. The highest BCUT2D eigenvalue weighted by Crippen LogP contribution is 2.42. The Kier molecular flexibility index (Phi) is 9.61. The molecule has 0 aromatic heterocycles. The summed E-state index contributed by atoms with van der Waals surface area (Å²) < 4.78 is 16.9. The number of benzene rings is 3. The molecule has 43 heavy (non-hydrogen) atoms. The topological polar surface area (TPSA) is 106 Å². The number of rotatable bonds is 10. The number of carboxylic acid groups (broad SMARTS) is 1. The molecule has 9 heteroatoms. The lowest BCUT2D eigenvalue weighted by atomic mass is 9.71. The van der Waals surface area contributed by atoms with Gasteiger partial charge in [-0.1, -0.05) is 36.4 Å². The summed E-state index contributed by atoms with van der Waals surface area (Å²) in [4.78, 5) is 40.6. The van der Waals surface area contributed by atoms with Crippen molar-refractivity contribution >= 4 is 17.8 Å². The van der Waals surface area contributed by atoms with E-state index in [0.29, 0.717) is 30.2 Å². The van der Waals surface area contributed by atoms with Crippen molar-refractivity contribution in [3.05, 3.63) is 83.9 Å². The number of para-hydroxylation sites is 3. The molecule has 2 aliphatic heterocycles. The first-order valence-corrected chi connectivity index (χ1v) is 14.8. The second-order valence-corrected chi connectivity index (χ2v) is 11.3. The predicted molar refractivity (Wildman–Crippen MR) is 161 cm³/mol. The number of hydrogen-bond donors (Lipinski definition) is 1. The van der Waals surface area contributed by atoms with E-state index >= 15 is 0 Å². The Morgan fingerprint density at radius 2 is 1.44 bits per heavy atom. The summed E-state index contributed by atoms with van der Waals surface area (Å²) >= 11 is 0. The van der Waals surface area contributed by atoms with Crippen LogP contribution in [0.2, 0.25) is 0 Å². The molecular formula is C34H38N2O7. The Morgan fingerprint density at radius 3 is 2.14 bits per heavy atom. The lowest BCUT2D eigenvalue weighted by molar-refractivity contribution is -0.142. The molecule has 2 aliphatic rings. The lowest BCUT2D eigenvalue weighted by Gasteiger charge is -2.47. The number of esters is 1. The third kappa shape index (κ3) is 7.73. The summed E-state index contributed by atoms with van der Waals surface area (Å²) in [5.74, 6) is 0.443. The van der Waals surface area contributed by atoms with E-state index < -0.39 is 11.9 Å². The monoisotopic (exact) mass is 586 g/mol. The molecule has 0 saturated carbocycles. The molecule has 1 spiro atoms. The zero-order valence-corrected chi connectivity index (χ0v) is 24.5. The van der Waals surface area contributed by atoms with E-state index in [1.54, 1.807) is 31.4 Å². The van der Waals surface area contributed by atoms with Gasteiger partial charge in [0.2, 0.25) is 0 Å². The number of amides is 1. The van der Waals surface area contributed by atoms with Crippen LogP contribution >= 0.6 is 0 Å². The zero-order chi connectivity index (χ0) is 30.2. The number of carbonyl (C=O) groups is 3. The number of carboxylic acids is 1. The molecule has 2 heterocycles. The van der Waals surface area contributed by atoms with Gasteiger partial charge in [-0.25, -0.2) is 0 Å². The molecule has 5 rings (SSSR count). The molecule has 2 fully saturated rings. The molecule has 0 bridgehead atoms. The van der Waals surface area contributed by atoms with Crippen molar-refractivity contribution in [1.29, 1.82) is 0 Å². The summed E-state index contributed by atoms with van der Waals surface area (Å²) in [5, 5.41) is 8.82. The molecule has 0 aliphatic carbocycles. The molecule has 3 aromatic rings. The summed E-state index contributed by atoms with van der Waals surface area (Å²) in [7, 11) is 1.64. The van der Waals surface area contributed by atoms with E-state index in [1.807, 2.05) is 41.3 Å². The standard InChI is InChI=1S/C34H38N2O7/c1-41-29-11-4-5-12-30(29)42-26-8-6-7-25(23-26)24-35-19-15-34(16-20-35)17-21-36(22-18-34)33(40)27-9-2-3-10-28(27)43-32(39)14-13-31(37)38/h2-12,23H,13-22,24H2,1H3,(H,37,38). The van der Waals surface area contributed by atoms with E-state index in [0.717, 1.165) is 51.1 Å². The first-order chi connectivity index (χ1) is 20.8. The lowest BCUT2D eigenvalue weighted by Crippen LogP contribution is -2.48. The number of likely N-dealkylation sites (tertiary alicyclic amines) is 2. The smallest absolute Gasteiger partial charge is 0.311 e. The minimum atomic E-state index is -1.07. The Bertz CT molecular complexity index is 1440. The zero-order valence-electron chi connectivity index (χ0n) is 24.5. The molecule has 3 aromatic carbocycles. The predicted octanol–water partition coefficient (Wildman–Crippen LogP) is 5.78. The summed E-state index contributed by atoms with van der Waals surface area (Å²) in [6.07, 6.45) is 3.49. The van der Waals surface area contributed by atoms with E-state index in [2.05, 4.69) is 17.0 Å². The highest BCUT2D eigenvalue weighted by molar-refractivity contribution is 5.97. The molecule has 9 nitrogen and oxygen atoms in total. The molecule has 0 radical (unpaired) electrons. The highest BCUT2D eigenvalue weighted by atomic mass is 16.5.